The predicted molar refractivity (Wildman–Crippen MR) is 100 cm³/mol. The zero-order chi connectivity index (χ0) is 19.1. The fourth-order valence-electron chi connectivity index (χ4n) is 3.07. The Labute approximate surface area is 154 Å². The number of carbonyl (C=O) groups is 1. The molecule has 2 heterocycles. The number of hydrogen-bond donors (Lipinski definition) is 2. The van der Waals surface area contributed by atoms with Crippen molar-refractivity contribution in [2.45, 2.75) is 46.2 Å². The van der Waals surface area contributed by atoms with E-state index in [-0.39, 0.29) is 12.1 Å². The van der Waals surface area contributed by atoms with Crippen LogP contribution in [0.25, 0.3) is 0 Å². The molecule has 0 spiro atoms. The van der Waals surface area contributed by atoms with Gasteiger partial charge >= 0.3 is 6.09 Å². The molecule has 0 aromatic carbocycles. The van der Waals surface area contributed by atoms with E-state index >= 15 is 0 Å². The molecule has 0 aliphatic carbocycles. The number of guanidine groups is 1. The smallest absolute Gasteiger partial charge is 0.409 e. The summed E-state index contributed by atoms with van der Waals surface area (Å²) in [5.41, 5.74) is 8.84. The Kier molecular flexibility index (Phi) is 7.06. The van der Waals surface area contributed by atoms with Gasteiger partial charge in [-0.2, -0.15) is 0 Å². The lowest BCUT2D eigenvalue weighted by Crippen LogP contribution is -2.48. The molecule has 0 saturated carbocycles. The van der Waals surface area contributed by atoms with Crippen LogP contribution in [-0.2, 0) is 11.3 Å². The number of methoxy groups -OCH3 is 1. The minimum Gasteiger partial charge on any atom is -0.496 e. The molecule has 8 heteroatoms. The number of rotatable bonds is 5. The third-order valence-corrected chi connectivity index (χ3v) is 4.52. The van der Waals surface area contributed by atoms with E-state index in [1.165, 1.54) is 0 Å². The summed E-state index contributed by atoms with van der Waals surface area (Å²) in [6, 6.07) is 0.200. The summed E-state index contributed by atoms with van der Waals surface area (Å²) >= 11 is 0. The normalized spacial score (nSPS) is 15.7. The highest BCUT2D eigenvalue weighted by Crippen LogP contribution is 2.24. The Morgan fingerprint density at radius 1 is 1.42 bits per heavy atom. The monoisotopic (exact) mass is 363 g/mol. The van der Waals surface area contributed by atoms with Crippen LogP contribution in [0.5, 0.6) is 5.75 Å². The van der Waals surface area contributed by atoms with Crippen LogP contribution in [0.2, 0.25) is 0 Å². The number of aryl methyl sites for hydroxylation is 1. The van der Waals surface area contributed by atoms with Gasteiger partial charge in [0, 0.05) is 36.5 Å². The third kappa shape index (κ3) is 5.00. The Morgan fingerprint density at radius 3 is 2.73 bits per heavy atom. The SMILES string of the molecule is CCOC(=O)N1CCC(NC(N)=NCc2ncc(C)c(OC)c2C)CC1. The molecule has 1 aromatic heterocycles. The van der Waals surface area contributed by atoms with Gasteiger partial charge in [-0.15, -0.1) is 0 Å². The summed E-state index contributed by atoms with van der Waals surface area (Å²) in [6.07, 6.45) is 3.16. The lowest BCUT2D eigenvalue weighted by Gasteiger charge is -2.31. The number of piperidine rings is 1. The molecule has 1 fully saturated rings. The standard InChI is InChI=1S/C18H29N5O3/c1-5-26-18(24)23-8-6-14(7-9-23)22-17(19)21-11-15-13(3)16(25-4)12(2)10-20-15/h10,14H,5-9,11H2,1-4H3,(H3,19,21,22). The fourth-order valence-corrected chi connectivity index (χ4v) is 3.07. The summed E-state index contributed by atoms with van der Waals surface area (Å²) in [7, 11) is 1.65. The van der Waals surface area contributed by atoms with Crippen LogP contribution in [0.3, 0.4) is 0 Å². The lowest BCUT2D eigenvalue weighted by molar-refractivity contribution is 0.0963. The van der Waals surface area contributed by atoms with Crippen molar-refractivity contribution < 1.29 is 14.3 Å². The largest absolute Gasteiger partial charge is 0.496 e. The molecule has 1 aromatic rings. The zero-order valence-corrected chi connectivity index (χ0v) is 16.0. The maximum absolute atomic E-state index is 11.7. The first-order chi connectivity index (χ1) is 12.5. The van der Waals surface area contributed by atoms with Crippen LogP contribution in [0, 0.1) is 13.8 Å². The van der Waals surface area contributed by atoms with Gasteiger partial charge in [0.25, 0.3) is 0 Å². The van der Waals surface area contributed by atoms with Gasteiger partial charge in [0.05, 0.1) is 26.0 Å². The number of likely N-dealkylation sites (tertiary alicyclic amines) is 1. The van der Waals surface area contributed by atoms with Crippen LogP contribution in [0.1, 0.15) is 36.6 Å². The van der Waals surface area contributed by atoms with E-state index < -0.39 is 0 Å². The van der Waals surface area contributed by atoms with E-state index in [1.807, 2.05) is 20.8 Å². The number of ether oxygens (including phenoxy) is 2. The van der Waals surface area contributed by atoms with Gasteiger partial charge in [0.15, 0.2) is 5.96 Å². The molecule has 1 amide bonds. The summed E-state index contributed by atoms with van der Waals surface area (Å²) in [4.78, 5) is 22.3. The van der Waals surface area contributed by atoms with Gasteiger partial charge in [-0.3, -0.25) is 4.98 Å². The summed E-state index contributed by atoms with van der Waals surface area (Å²) in [6.45, 7) is 7.84. The topological polar surface area (TPSA) is 102 Å². The van der Waals surface area contributed by atoms with Crippen LogP contribution in [0.15, 0.2) is 11.2 Å². The van der Waals surface area contributed by atoms with Crippen LogP contribution in [0.4, 0.5) is 4.79 Å². The van der Waals surface area contributed by atoms with Crippen LogP contribution < -0.4 is 15.8 Å². The van der Waals surface area contributed by atoms with E-state index in [2.05, 4.69) is 15.3 Å². The van der Waals surface area contributed by atoms with E-state index in [0.717, 1.165) is 35.4 Å². The molecule has 3 N–H and O–H groups in total. The average molecular weight is 363 g/mol. The van der Waals surface area contributed by atoms with Crippen molar-refractivity contribution in [1.29, 1.82) is 0 Å². The van der Waals surface area contributed by atoms with Crippen molar-refractivity contribution in [3.63, 3.8) is 0 Å². The number of aromatic nitrogens is 1. The summed E-state index contributed by atoms with van der Waals surface area (Å²) in [5.74, 6) is 1.23. The number of hydrogen-bond acceptors (Lipinski definition) is 5. The van der Waals surface area contributed by atoms with Gasteiger partial charge in [-0.25, -0.2) is 9.79 Å². The van der Waals surface area contributed by atoms with E-state index in [0.29, 0.717) is 32.2 Å². The average Bonchev–Trinajstić information content (AvgIpc) is 2.62. The quantitative estimate of drug-likeness (QED) is 0.610. The second-order valence-electron chi connectivity index (χ2n) is 6.35. The number of carbonyl (C=O) groups excluding carboxylic acids is 1. The molecule has 26 heavy (non-hydrogen) atoms. The van der Waals surface area contributed by atoms with Crippen molar-refractivity contribution in [3.8, 4) is 5.75 Å². The highest BCUT2D eigenvalue weighted by atomic mass is 16.6. The molecule has 2 rings (SSSR count). The number of aliphatic imine (C=N–C) groups is 1. The van der Waals surface area contributed by atoms with E-state index in [1.54, 1.807) is 18.2 Å². The number of pyridine rings is 1. The first-order valence-electron chi connectivity index (χ1n) is 8.93. The van der Waals surface area contributed by atoms with Crippen molar-refractivity contribution in [2.75, 3.05) is 26.8 Å². The molecule has 0 radical (unpaired) electrons. The number of nitrogens with zero attached hydrogens (tertiary/aromatic N) is 3. The van der Waals surface area contributed by atoms with Gasteiger partial charge in [-0.05, 0) is 33.6 Å². The second kappa shape index (κ2) is 9.26. The Balaban J connectivity index is 1.87. The summed E-state index contributed by atoms with van der Waals surface area (Å²) in [5, 5.41) is 3.23. The van der Waals surface area contributed by atoms with Crippen molar-refractivity contribution in [2.24, 2.45) is 10.7 Å². The maximum atomic E-state index is 11.7. The third-order valence-electron chi connectivity index (χ3n) is 4.52. The Bertz CT molecular complexity index is 654. The lowest BCUT2D eigenvalue weighted by atomic mass is 10.1. The minimum absolute atomic E-state index is 0.200. The predicted octanol–water partition coefficient (Wildman–Crippen LogP) is 1.73. The second-order valence-corrected chi connectivity index (χ2v) is 6.35. The minimum atomic E-state index is -0.248. The molecule has 8 nitrogen and oxygen atoms in total. The molecule has 1 aliphatic rings. The van der Waals surface area contributed by atoms with Crippen molar-refractivity contribution >= 4 is 12.1 Å². The molecular weight excluding hydrogens is 334 g/mol. The van der Waals surface area contributed by atoms with Gasteiger partial charge in [0.2, 0.25) is 0 Å². The number of nitrogens with two attached hydrogens (primary N) is 1. The van der Waals surface area contributed by atoms with E-state index in [9.17, 15) is 4.79 Å². The van der Waals surface area contributed by atoms with E-state index in [4.69, 9.17) is 15.2 Å². The molecular formula is C18H29N5O3. The van der Waals surface area contributed by atoms with Gasteiger partial charge < -0.3 is 25.4 Å². The Hall–Kier alpha value is -2.51. The van der Waals surface area contributed by atoms with Crippen LogP contribution in [-0.4, -0.2) is 54.8 Å². The maximum Gasteiger partial charge on any atom is 0.409 e. The highest BCUT2D eigenvalue weighted by Gasteiger charge is 2.23. The first kappa shape index (κ1) is 19.8. The van der Waals surface area contributed by atoms with Crippen molar-refractivity contribution in [1.82, 2.24) is 15.2 Å². The van der Waals surface area contributed by atoms with Gasteiger partial charge in [0.1, 0.15) is 5.75 Å². The number of amides is 1. The zero-order valence-electron chi connectivity index (χ0n) is 16.0. The fraction of sp³-hybridized carbons (Fsp3) is 0.611. The van der Waals surface area contributed by atoms with Crippen molar-refractivity contribution in [3.05, 3.63) is 23.0 Å². The molecule has 1 saturated heterocycles. The highest BCUT2D eigenvalue weighted by molar-refractivity contribution is 5.78. The number of nitrogens with one attached hydrogen (secondary N) is 1. The molecule has 1 aliphatic heterocycles. The Morgan fingerprint density at radius 2 is 2.12 bits per heavy atom. The first-order valence-corrected chi connectivity index (χ1v) is 8.93. The molecule has 0 atom stereocenters. The van der Waals surface area contributed by atoms with Gasteiger partial charge in [-0.1, -0.05) is 0 Å². The molecule has 0 bridgehead atoms. The molecule has 0 unspecified atom stereocenters. The molecule has 144 valence electrons. The summed E-state index contributed by atoms with van der Waals surface area (Å²) < 4.78 is 10.4. The van der Waals surface area contributed by atoms with Crippen LogP contribution >= 0.6 is 0 Å².